The molecule has 7 nitrogen and oxygen atoms in total. The Kier molecular flexibility index (Phi) is 5.36. The Bertz CT molecular complexity index is 726. The third-order valence-corrected chi connectivity index (χ3v) is 2.76. The Morgan fingerprint density at radius 1 is 1.17 bits per heavy atom. The number of hydrogen-bond donors (Lipinski definition) is 0. The van der Waals surface area contributed by atoms with Gasteiger partial charge in [0.2, 0.25) is 5.76 Å². The molecular weight excluding hydrogens is 302 g/mol. The normalized spacial score (nSPS) is 9.74. The van der Waals surface area contributed by atoms with Gasteiger partial charge in [-0.1, -0.05) is 0 Å². The van der Waals surface area contributed by atoms with Gasteiger partial charge in [0.05, 0.1) is 18.7 Å². The van der Waals surface area contributed by atoms with Gasteiger partial charge in [0.1, 0.15) is 18.1 Å². The summed E-state index contributed by atoms with van der Waals surface area (Å²) in [6, 6.07) is 11.3. The molecule has 0 bridgehead atoms. The third kappa shape index (κ3) is 4.61. The summed E-state index contributed by atoms with van der Waals surface area (Å²) in [5.41, 5.74) is 0.499. The largest absolute Gasteiger partial charge is 0.482 e. The molecule has 0 aliphatic carbocycles. The van der Waals surface area contributed by atoms with E-state index in [0.717, 1.165) is 0 Å². The van der Waals surface area contributed by atoms with Crippen molar-refractivity contribution in [1.29, 1.82) is 5.26 Å². The van der Waals surface area contributed by atoms with Gasteiger partial charge in [-0.15, -0.1) is 0 Å². The Hall–Kier alpha value is -3.27. The second kappa shape index (κ2) is 7.66. The highest BCUT2D eigenvalue weighted by atomic mass is 16.6. The number of benzene rings is 1. The topological polar surface area (TPSA) is 98.8 Å². The number of nitrogens with zero attached hydrogens (tertiary/aromatic N) is 1. The first kappa shape index (κ1) is 16.1. The van der Waals surface area contributed by atoms with Gasteiger partial charge in [0.25, 0.3) is 0 Å². The van der Waals surface area contributed by atoms with E-state index in [4.69, 9.17) is 19.2 Å². The molecule has 1 aromatic heterocycles. The highest BCUT2D eigenvalue weighted by Gasteiger charge is 2.12. The molecule has 0 amide bonds. The van der Waals surface area contributed by atoms with Crippen LogP contribution < -0.4 is 4.74 Å². The van der Waals surface area contributed by atoms with Crippen LogP contribution in [-0.2, 0) is 20.9 Å². The Balaban J connectivity index is 1.77. The van der Waals surface area contributed by atoms with Crippen molar-refractivity contribution in [3.05, 3.63) is 53.5 Å². The third-order valence-electron chi connectivity index (χ3n) is 2.76. The van der Waals surface area contributed by atoms with Crippen LogP contribution in [0.2, 0.25) is 0 Å². The van der Waals surface area contributed by atoms with E-state index in [-0.39, 0.29) is 19.0 Å². The lowest BCUT2D eigenvalue weighted by Crippen LogP contribution is -2.14. The second-order valence-electron chi connectivity index (χ2n) is 4.34. The van der Waals surface area contributed by atoms with Gasteiger partial charge in [-0.3, -0.25) is 0 Å². The highest BCUT2D eigenvalue weighted by molar-refractivity contribution is 5.86. The molecule has 0 aliphatic heterocycles. The monoisotopic (exact) mass is 315 g/mol. The molecule has 0 atom stereocenters. The number of carbonyl (C=O) groups excluding carboxylic acids is 2. The number of rotatable bonds is 6. The van der Waals surface area contributed by atoms with Crippen LogP contribution in [0.5, 0.6) is 5.75 Å². The van der Waals surface area contributed by atoms with E-state index in [0.29, 0.717) is 17.1 Å². The van der Waals surface area contributed by atoms with Gasteiger partial charge in [0.15, 0.2) is 6.61 Å². The SMILES string of the molecule is COC(=O)c1ccc(COC(=O)COc2ccc(C#N)cc2)o1. The fraction of sp³-hybridized carbons (Fsp3) is 0.188. The minimum Gasteiger partial charge on any atom is -0.482 e. The number of carbonyl (C=O) groups is 2. The fourth-order valence-corrected chi connectivity index (χ4v) is 1.63. The van der Waals surface area contributed by atoms with E-state index >= 15 is 0 Å². The molecule has 0 fully saturated rings. The summed E-state index contributed by atoms with van der Waals surface area (Å²) in [7, 11) is 1.24. The van der Waals surface area contributed by atoms with E-state index in [2.05, 4.69) is 4.74 Å². The van der Waals surface area contributed by atoms with Gasteiger partial charge in [-0.05, 0) is 36.4 Å². The van der Waals surface area contributed by atoms with Crippen molar-refractivity contribution < 1.29 is 28.2 Å². The predicted molar refractivity (Wildman–Crippen MR) is 76.5 cm³/mol. The van der Waals surface area contributed by atoms with Crippen LogP contribution in [0.3, 0.4) is 0 Å². The van der Waals surface area contributed by atoms with E-state index < -0.39 is 11.9 Å². The van der Waals surface area contributed by atoms with Gasteiger partial charge in [-0.25, -0.2) is 9.59 Å². The number of ether oxygens (including phenoxy) is 3. The smallest absolute Gasteiger partial charge is 0.373 e. The van der Waals surface area contributed by atoms with Crippen LogP contribution in [0.15, 0.2) is 40.8 Å². The summed E-state index contributed by atoms with van der Waals surface area (Å²) in [4.78, 5) is 22.8. The molecule has 2 aromatic rings. The van der Waals surface area contributed by atoms with Crippen molar-refractivity contribution in [3.8, 4) is 11.8 Å². The summed E-state index contributed by atoms with van der Waals surface area (Å²) in [5.74, 6) is -0.395. The molecular formula is C16H13NO6. The zero-order valence-electron chi connectivity index (χ0n) is 12.3. The molecule has 0 aliphatic rings. The predicted octanol–water partition coefficient (Wildman–Crippen LogP) is 2.06. The van der Waals surface area contributed by atoms with Crippen LogP contribution in [0.25, 0.3) is 0 Å². The average molecular weight is 315 g/mol. The zero-order chi connectivity index (χ0) is 16.7. The van der Waals surface area contributed by atoms with Gasteiger partial charge >= 0.3 is 11.9 Å². The minimum atomic E-state index is -0.605. The molecule has 0 unspecified atom stereocenters. The van der Waals surface area contributed by atoms with E-state index in [1.165, 1.54) is 19.2 Å². The maximum absolute atomic E-state index is 11.6. The second-order valence-corrected chi connectivity index (χ2v) is 4.34. The summed E-state index contributed by atoms with van der Waals surface area (Å²) in [6.07, 6.45) is 0. The van der Waals surface area contributed by atoms with E-state index in [1.54, 1.807) is 24.3 Å². The average Bonchev–Trinajstić information content (AvgIpc) is 3.07. The lowest BCUT2D eigenvalue weighted by molar-refractivity contribution is -0.147. The van der Waals surface area contributed by atoms with Crippen LogP contribution in [0.4, 0.5) is 0 Å². The Morgan fingerprint density at radius 3 is 2.57 bits per heavy atom. The molecule has 118 valence electrons. The molecule has 1 heterocycles. The summed E-state index contributed by atoms with van der Waals surface area (Å²) < 4.78 is 19.8. The quantitative estimate of drug-likeness (QED) is 0.752. The first-order valence-electron chi connectivity index (χ1n) is 6.58. The van der Waals surface area contributed by atoms with Crippen LogP contribution in [-0.4, -0.2) is 25.7 Å². The molecule has 0 N–H and O–H groups in total. The van der Waals surface area contributed by atoms with Crippen molar-refractivity contribution in [3.63, 3.8) is 0 Å². The number of hydrogen-bond acceptors (Lipinski definition) is 7. The molecule has 0 saturated carbocycles. The first-order chi connectivity index (χ1) is 11.1. The number of nitriles is 1. The van der Waals surface area contributed by atoms with E-state index in [9.17, 15) is 9.59 Å². The van der Waals surface area contributed by atoms with Crippen LogP contribution in [0, 0.1) is 11.3 Å². The zero-order valence-corrected chi connectivity index (χ0v) is 12.3. The number of esters is 2. The summed E-state index contributed by atoms with van der Waals surface area (Å²) in [6.45, 7) is -0.400. The first-order valence-corrected chi connectivity index (χ1v) is 6.58. The van der Waals surface area contributed by atoms with Crippen molar-refractivity contribution in [2.24, 2.45) is 0 Å². The standard InChI is InChI=1S/C16H13NO6/c1-20-16(19)14-7-6-13(23-14)9-22-15(18)10-21-12-4-2-11(8-17)3-5-12/h2-7H,9-10H2,1H3. The molecule has 0 saturated heterocycles. The molecule has 1 aromatic carbocycles. The Morgan fingerprint density at radius 2 is 1.91 bits per heavy atom. The minimum absolute atomic E-state index is 0.0346. The molecule has 23 heavy (non-hydrogen) atoms. The molecule has 0 spiro atoms. The number of furan rings is 1. The maximum atomic E-state index is 11.6. The van der Waals surface area contributed by atoms with E-state index in [1.807, 2.05) is 6.07 Å². The molecule has 0 radical (unpaired) electrons. The highest BCUT2D eigenvalue weighted by Crippen LogP contribution is 2.12. The van der Waals surface area contributed by atoms with Crippen molar-refractivity contribution in [2.75, 3.05) is 13.7 Å². The van der Waals surface area contributed by atoms with Crippen molar-refractivity contribution in [2.45, 2.75) is 6.61 Å². The van der Waals surface area contributed by atoms with Gasteiger partial charge < -0.3 is 18.6 Å². The van der Waals surface area contributed by atoms with Crippen LogP contribution in [0.1, 0.15) is 21.9 Å². The van der Waals surface area contributed by atoms with Gasteiger partial charge in [-0.2, -0.15) is 5.26 Å². The van der Waals surface area contributed by atoms with Crippen molar-refractivity contribution in [1.82, 2.24) is 0 Å². The summed E-state index contributed by atoms with van der Waals surface area (Å²) >= 11 is 0. The molecule has 7 heteroatoms. The number of methoxy groups -OCH3 is 1. The van der Waals surface area contributed by atoms with Gasteiger partial charge in [0, 0.05) is 0 Å². The maximum Gasteiger partial charge on any atom is 0.373 e. The lowest BCUT2D eigenvalue weighted by atomic mass is 10.2. The van der Waals surface area contributed by atoms with Crippen molar-refractivity contribution >= 4 is 11.9 Å². The molecule has 2 rings (SSSR count). The van der Waals surface area contributed by atoms with Crippen LogP contribution >= 0.6 is 0 Å². The summed E-state index contributed by atoms with van der Waals surface area (Å²) in [5, 5.41) is 8.67. The fourth-order valence-electron chi connectivity index (χ4n) is 1.63. The Labute approximate surface area is 132 Å². The lowest BCUT2D eigenvalue weighted by Gasteiger charge is -2.06.